The molecular weight excluding hydrogens is 484 g/mol. The predicted molar refractivity (Wildman–Crippen MR) is 139 cm³/mol. The van der Waals surface area contributed by atoms with Crippen molar-refractivity contribution < 1.29 is 18.0 Å². The first-order valence-corrected chi connectivity index (χ1v) is 12.7. The zero-order valence-electron chi connectivity index (χ0n) is 19.6. The standard InChI is InChI=1S/C25H24N4O4S2/c1-14-6-5-7-22(16(14)3)29-24(31)21(23(30)27-25(29)34)13-18-12-15(2)28(17(18)4)19-8-10-20(11-9-19)35(26,32)33/h5-13H,1-4H3,(H2,26,32,33)(H,27,30,34)/b21-13+. The summed E-state index contributed by atoms with van der Waals surface area (Å²) in [6, 6.07) is 13.6. The smallest absolute Gasteiger partial charge is 0.270 e. The van der Waals surface area contributed by atoms with E-state index < -0.39 is 21.8 Å². The van der Waals surface area contributed by atoms with E-state index in [1.165, 1.54) is 17.0 Å². The molecule has 0 saturated carbocycles. The molecule has 0 aliphatic carbocycles. The summed E-state index contributed by atoms with van der Waals surface area (Å²) < 4.78 is 25.0. The average molecular weight is 509 g/mol. The highest BCUT2D eigenvalue weighted by Crippen LogP contribution is 2.29. The lowest BCUT2D eigenvalue weighted by molar-refractivity contribution is -0.122. The molecule has 35 heavy (non-hydrogen) atoms. The molecule has 1 fully saturated rings. The number of sulfonamides is 1. The van der Waals surface area contributed by atoms with Crippen molar-refractivity contribution in [3.8, 4) is 5.69 Å². The molecule has 0 radical (unpaired) electrons. The van der Waals surface area contributed by atoms with Crippen molar-refractivity contribution in [3.05, 3.63) is 82.2 Å². The molecule has 1 aliphatic heterocycles. The van der Waals surface area contributed by atoms with E-state index in [1.54, 1.807) is 24.3 Å². The number of rotatable bonds is 4. The van der Waals surface area contributed by atoms with Crippen molar-refractivity contribution in [1.82, 2.24) is 9.88 Å². The predicted octanol–water partition coefficient (Wildman–Crippen LogP) is 3.19. The van der Waals surface area contributed by atoms with Gasteiger partial charge in [0.15, 0.2) is 5.11 Å². The Morgan fingerprint density at radius 1 is 1.00 bits per heavy atom. The van der Waals surface area contributed by atoms with Gasteiger partial charge in [0.2, 0.25) is 10.0 Å². The topological polar surface area (TPSA) is 114 Å². The molecule has 180 valence electrons. The van der Waals surface area contributed by atoms with Crippen LogP contribution in [0.3, 0.4) is 0 Å². The number of anilines is 1. The fraction of sp³-hybridized carbons (Fsp3) is 0.160. The third-order valence-corrected chi connectivity index (χ3v) is 7.33. The molecule has 3 N–H and O–H groups in total. The molecule has 1 aliphatic rings. The van der Waals surface area contributed by atoms with Gasteiger partial charge in [0.25, 0.3) is 11.8 Å². The Morgan fingerprint density at radius 2 is 1.66 bits per heavy atom. The number of hydrogen-bond donors (Lipinski definition) is 2. The average Bonchev–Trinajstić information content (AvgIpc) is 3.06. The number of hydrogen-bond acceptors (Lipinski definition) is 5. The second kappa shape index (κ2) is 8.88. The van der Waals surface area contributed by atoms with E-state index in [0.29, 0.717) is 11.3 Å². The van der Waals surface area contributed by atoms with Crippen LogP contribution in [0.15, 0.2) is 59.0 Å². The summed E-state index contributed by atoms with van der Waals surface area (Å²) in [6.07, 6.45) is 1.55. The van der Waals surface area contributed by atoms with E-state index in [-0.39, 0.29) is 15.6 Å². The van der Waals surface area contributed by atoms with Gasteiger partial charge in [-0.25, -0.2) is 13.6 Å². The quantitative estimate of drug-likeness (QED) is 0.319. The van der Waals surface area contributed by atoms with Crippen molar-refractivity contribution in [2.45, 2.75) is 32.6 Å². The summed E-state index contributed by atoms with van der Waals surface area (Å²) in [5.41, 5.74) is 5.46. The van der Waals surface area contributed by atoms with Crippen LogP contribution in [-0.2, 0) is 19.6 Å². The number of nitrogens with two attached hydrogens (primary N) is 1. The largest absolute Gasteiger partial charge is 0.318 e. The van der Waals surface area contributed by atoms with Crippen LogP contribution in [0.2, 0.25) is 0 Å². The van der Waals surface area contributed by atoms with Crippen molar-refractivity contribution in [2.75, 3.05) is 4.90 Å². The number of aromatic nitrogens is 1. The van der Waals surface area contributed by atoms with Gasteiger partial charge in [-0.15, -0.1) is 0 Å². The summed E-state index contributed by atoms with van der Waals surface area (Å²) in [5.74, 6) is -1.07. The fourth-order valence-electron chi connectivity index (χ4n) is 4.13. The van der Waals surface area contributed by atoms with E-state index in [4.69, 9.17) is 17.4 Å². The van der Waals surface area contributed by atoms with Gasteiger partial charge in [-0.05, 0) is 99.1 Å². The molecule has 2 aromatic carbocycles. The van der Waals surface area contributed by atoms with Crippen LogP contribution in [0.1, 0.15) is 28.1 Å². The maximum absolute atomic E-state index is 13.5. The first-order valence-electron chi connectivity index (χ1n) is 10.7. The summed E-state index contributed by atoms with van der Waals surface area (Å²) >= 11 is 5.33. The van der Waals surface area contributed by atoms with Crippen molar-refractivity contribution in [1.29, 1.82) is 0 Å². The second-order valence-electron chi connectivity index (χ2n) is 8.38. The number of thiocarbonyl (C=S) groups is 1. The number of nitrogens with one attached hydrogen (secondary N) is 1. The SMILES string of the molecule is Cc1cccc(N2C(=O)/C(=C/c3cc(C)n(-c4ccc(S(N)(=O)=O)cc4)c3C)C(=O)NC2=S)c1C. The van der Waals surface area contributed by atoms with E-state index in [9.17, 15) is 18.0 Å². The monoisotopic (exact) mass is 508 g/mol. The van der Waals surface area contributed by atoms with Gasteiger partial charge in [0.05, 0.1) is 10.6 Å². The summed E-state index contributed by atoms with van der Waals surface area (Å²) in [5, 5.41) is 7.85. The fourth-order valence-corrected chi connectivity index (χ4v) is 4.91. The molecule has 0 unspecified atom stereocenters. The Labute approximate surface area is 209 Å². The summed E-state index contributed by atoms with van der Waals surface area (Å²) in [4.78, 5) is 27.6. The molecule has 0 atom stereocenters. The maximum atomic E-state index is 13.5. The van der Waals surface area contributed by atoms with Crippen LogP contribution in [-0.4, -0.2) is 29.9 Å². The highest BCUT2D eigenvalue weighted by Gasteiger charge is 2.35. The number of carbonyl (C=O) groups excluding carboxylic acids is 2. The summed E-state index contributed by atoms with van der Waals surface area (Å²) in [6.45, 7) is 7.57. The van der Waals surface area contributed by atoms with Gasteiger partial charge in [-0.1, -0.05) is 12.1 Å². The van der Waals surface area contributed by atoms with Gasteiger partial charge in [0, 0.05) is 17.1 Å². The number of carbonyl (C=O) groups is 2. The zero-order chi connectivity index (χ0) is 25.7. The molecule has 10 heteroatoms. The van der Waals surface area contributed by atoms with Crippen molar-refractivity contribution in [3.63, 3.8) is 0 Å². The Morgan fingerprint density at radius 3 is 2.29 bits per heavy atom. The Bertz CT molecular complexity index is 1530. The molecule has 1 saturated heterocycles. The number of primary sulfonamides is 1. The number of benzene rings is 2. The van der Waals surface area contributed by atoms with Crippen LogP contribution < -0.4 is 15.4 Å². The molecule has 8 nitrogen and oxygen atoms in total. The summed E-state index contributed by atoms with van der Waals surface area (Å²) in [7, 11) is -3.80. The molecule has 0 spiro atoms. The lowest BCUT2D eigenvalue weighted by Crippen LogP contribution is -2.54. The van der Waals surface area contributed by atoms with Crippen LogP contribution >= 0.6 is 12.2 Å². The first kappa shape index (κ1) is 24.5. The van der Waals surface area contributed by atoms with Crippen molar-refractivity contribution >= 4 is 50.9 Å². The molecule has 3 aromatic rings. The number of aryl methyl sites for hydroxylation is 2. The second-order valence-corrected chi connectivity index (χ2v) is 10.3. The van der Waals surface area contributed by atoms with Crippen molar-refractivity contribution in [2.24, 2.45) is 5.14 Å². The highest BCUT2D eigenvalue weighted by molar-refractivity contribution is 7.89. The minimum Gasteiger partial charge on any atom is -0.318 e. The van der Waals surface area contributed by atoms with E-state index in [2.05, 4.69) is 5.32 Å². The van der Waals surface area contributed by atoms with Crippen LogP contribution in [0.4, 0.5) is 5.69 Å². The third kappa shape index (κ3) is 4.43. The van der Waals surface area contributed by atoms with Crippen LogP contribution in [0.5, 0.6) is 0 Å². The molecule has 4 rings (SSSR count). The number of nitrogens with zero attached hydrogens (tertiary/aromatic N) is 2. The van der Waals surface area contributed by atoms with E-state index in [1.807, 2.05) is 50.5 Å². The molecule has 2 amide bonds. The number of amides is 2. The molecule has 0 bridgehead atoms. The zero-order valence-corrected chi connectivity index (χ0v) is 21.3. The maximum Gasteiger partial charge on any atom is 0.270 e. The third-order valence-electron chi connectivity index (χ3n) is 6.11. The Kier molecular flexibility index (Phi) is 6.22. The minimum absolute atomic E-state index is 0.0121. The molecular formula is C25H24N4O4S2. The normalized spacial score (nSPS) is 15.6. The van der Waals surface area contributed by atoms with E-state index >= 15 is 0 Å². The van der Waals surface area contributed by atoms with Gasteiger partial charge < -0.3 is 4.57 Å². The van der Waals surface area contributed by atoms with E-state index in [0.717, 1.165) is 28.2 Å². The lowest BCUT2D eigenvalue weighted by atomic mass is 10.0. The van der Waals surface area contributed by atoms with Gasteiger partial charge >= 0.3 is 0 Å². The van der Waals surface area contributed by atoms with Crippen LogP contribution in [0.25, 0.3) is 11.8 Å². The van der Waals surface area contributed by atoms with Crippen LogP contribution in [0, 0.1) is 27.7 Å². The molecule has 1 aromatic heterocycles. The molecule has 2 heterocycles. The minimum atomic E-state index is -3.80. The lowest BCUT2D eigenvalue weighted by Gasteiger charge is -2.30. The van der Waals surface area contributed by atoms with Gasteiger partial charge in [-0.3, -0.25) is 19.8 Å². The first-order chi connectivity index (χ1) is 16.4. The highest BCUT2D eigenvalue weighted by atomic mass is 32.2. The Hall–Kier alpha value is -3.60. The Balaban J connectivity index is 1.76. The van der Waals surface area contributed by atoms with Gasteiger partial charge in [-0.2, -0.15) is 0 Å². The van der Waals surface area contributed by atoms with Gasteiger partial charge in [0.1, 0.15) is 5.57 Å².